The molecule has 0 amide bonds. The number of rotatable bonds is 2. The maximum absolute atomic E-state index is 4.13. The second kappa shape index (κ2) is 5.20. The fourth-order valence-corrected chi connectivity index (χ4v) is 8.33. The van der Waals surface area contributed by atoms with E-state index in [1.54, 1.807) is 23.3 Å². The molecule has 0 spiro atoms. The molecular weight excluding hydrogens is 389 g/mol. The van der Waals surface area contributed by atoms with Gasteiger partial charge < -0.3 is 5.32 Å². The predicted octanol–water partition coefficient (Wildman–Crippen LogP) is 5.14. The highest BCUT2D eigenvalue weighted by Crippen LogP contribution is 2.59. The maximum Gasteiger partial charge on any atom is 0.0659 e. The van der Waals surface area contributed by atoms with Gasteiger partial charge in [-0.05, 0) is 103 Å². The van der Waals surface area contributed by atoms with Crippen LogP contribution >= 0.6 is 33.9 Å². The Hall–Kier alpha value is 0.390. The first-order valence-corrected chi connectivity index (χ1v) is 10.7. The smallest absolute Gasteiger partial charge is 0.0659 e. The van der Waals surface area contributed by atoms with Crippen molar-refractivity contribution in [3.05, 3.63) is 19.4 Å². The molecule has 0 radical (unpaired) electrons. The lowest BCUT2D eigenvalue weighted by atomic mass is 9.78. The number of hydrogen-bond donors (Lipinski definition) is 1. The molecule has 0 saturated heterocycles. The zero-order valence-corrected chi connectivity index (χ0v) is 15.5. The molecule has 21 heavy (non-hydrogen) atoms. The molecule has 6 unspecified atom stereocenters. The maximum atomic E-state index is 4.13. The van der Waals surface area contributed by atoms with Crippen LogP contribution in [0, 0.1) is 26.6 Å². The van der Waals surface area contributed by atoms with Gasteiger partial charge in [0.15, 0.2) is 0 Å². The molecule has 4 aliphatic rings. The van der Waals surface area contributed by atoms with Crippen LogP contribution in [0.4, 0.5) is 0 Å². The Morgan fingerprint density at radius 2 is 1.95 bits per heavy atom. The van der Waals surface area contributed by atoms with Gasteiger partial charge in [0, 0.05) is 17.0 Å². The molecule has 5 rings (SSSR count). The van der Waals surface area contributed by atoms with E-state index < -0.39 is 0 Å². The topological polar surface area (TPSA) is 12.0 Å². The lowest BCUT2D eigenvalue weighted by Crippen LogP contribution is -2.41. The Bertz CT molecular complexity index is 553. The molecular formula is C18H24INS. The average molecular weight is 413 g/mol. The van der Waals surface area contributed by atoms with E-state index in [1.165, 1.54) is 41.4 Å². The van der Waals surface area contributed by atoms with E-state index in [0.717, 1.165) is 29.7 Å². The molecule has 1 heterocycles. The second-order valence-corrected chi connectivity index (χ2v) is 10.8. The van der Waals surface area contributed by atoms with Gasteiger partial charge in [-0.15, -0.1) is 11.3 Å². The summed E-state index contributed by atoms with van der Waals surface area (Å²) in [4.78, 5) is 1.67. The van der Waals surface area contributed by atoms with E-state index >= 15 is 0 Å². The first-order valence-electron chi connectivity index (χ1n) is 8.84. The molecule has 1 N–H and O–H groups in total. The van der Waals surface area contributed by atoms with Gasteiger partial charge in [0.1, 0.15) is 0 Å². The molecule has 1 nitrogen and oxygen atoms in total. The highest BCUT2D eigenvalue weighted by atomic mass is 127. The lowest BCUT2D eigenvalue weighted by Gasteiger charge is -2.36. The molecule has 3 saturated carbocycles. The van der Waals surface area contributed by atoms with Gasteiger partial charge in [0.25, 0.3) is 0 Å². The van der Waals surface area contributed by atoms with Gasteiger partial charge in [-0.3, -0.25) is 0 Å². The molecule has 1 aromatic rings. The normalized spacial score (nSPS) is 44.0. The summed E-state index contributed by atoms with van der Waals surface area (Å²) in [5.41, 5.74) is 1.65. The first-order chi connectivity index (χ1) is 10.3. The van der Waals surface area contributed by atoms with Crippen LogP contribution in [0.1, 0.15) is 61.4 Å². The number of aryl methyl sites for hydroxylation is 1. The van der Waals surface area contributed by atoms with Crippen molar-refractivity contribution in [3.63, 3.8) is 0 Å². The van der Waals surface area contributed by atoms with Crippen LogP contribution < -0.4 is 5.32 Å². The summed E-state index contributed by atoms with van der Waals surface area (Å²) in [5, 5.41) is 4.13. The van der Waals surface area contributed by atoms with Crippen molar-refractivity contribution < 1.29 is 0 Å². The molecule has 4 aliphatic carbocycles. The molecule has 3 heteroatoms. The number of nitrogens with one attached hydrogen (secondary N) is 1. The Morgan fingerprint density at radius 3 is 2.90 bits per heavy atom. The van der Waals surface area contributed by atoms with Crippen molar-refractivity contribution in [2.45, 2.75) is 63.5 Å². The van der Waals surface area contributed by atoms with Gasteiger partial charge in [-0.1, -0.05) is 6.42 Å². The fraction of sp³-hybridized carbons (Fsp3) is 0.778. The first kappa shape index (κ1) is 13.8. The van der Waals surface area contributed by atoms with Crippen LogP contribution in [0.3, 0.4) is 0 Å². The highest BCUT2D eigenvalue weighted by molar-refractivity contribution is 14.1. The van der Waals surface area contributed by atoms with Gasteiger partial charge in [-0.2, -0.15) is 0 Å². The van der Waals surface area contributed by atoms with E-state index in [9.17, 15) is 0 Å². The lowest BCUT2D eigenvalue weighted by molar-refractivity contribution is 0.194. The standard InChI is InChI=1S/C18H24INS/c19-18-9-14-15(5-2-6-17(14)21-18)20-16-8-10-7-13(16)12-4-1-3-11(10)12/h9-13,15-16,20H,1-8H2. The molecule has 1 aromatic heterocycles. The highest BCUT2D eigenvalue weighted by Gasteiger charge is 2.53. The SMILES string of the molecule is Ic1cc2c(s1)CCCC2NC1CC2CC1C1CCCC21. The van der Waals surface area contributed by atoms with Crippen molar-refractivity contribution in [2.24, 2.45) is 23.7 Å². The molecule has 0 aliphatic heterocycles. The number of fused-ring (bicyclic) bond motifs is 6. The van der Waals surface area contributed by atoms with Crippen LogP contribution in [0.5, 0.6) is 0 Å². The number of thiophene rings is 1. The molecule has 3 fully saturated rings. The van der Waals surface area contributed by atoms with Crippen molar-refractivity contribution in [1.82, 2.24) is 5.32 Å². The number of halogens is 1. The zero-order valence-electron chi connectivity index (χ0n) is 12.5. The Labute approximate surface area is 145 Å². The monoisotopic (exact) mass is 413 g/mol. The van der Waals surface area contributed by atoms with E-state index in [1.807, 2.05) is 11.3 Å². The minimum Gasteiger partial charge on any atom is -0.307 e. The van der Waals surface area contributed by atoms with Crippen LogP contribution in [-0.2, 0) is 6.42 Å². The van der Waals surface area contributed by atoms with Gasteiger partial charge in [-0.25, -0.2) is 0 Å². The fourth-order valence-electron chi connectivity index (χ4n) is 6.21. The average Bonchev–Trinajstić information content (AvgIpc) is 3.17. The van der Waals surface area contributed by atoms with E-state index in [-0.39, 0.29) is 0 Å². The summed E-state index contributed by atoms with van der Waals surface area (Å²) in [6.07, 6.45) is 11.7. The van der Waals surface area contributed by atoms with Crippen molar-refractivity contribution in [3.8, 4) is 0 Å². The third-order valence-corrected chi connectivity index (χ3v) is 8.90. The Kier molecular flexibility index (Phi) is 3.42. The van der Waals surface area contributed by atoms with Crippen LogP contribution in [0.25, 0.3) is 0 Å². The largest absolute Gasteiger partial charge is 0.307 e. The summed E-state index contributed by atoms with van der Waals surface area (Å²) in [6.45, 7) is 0. The van der Waals surface area contributed by atoms with Gasteiger partial charge in [0.2, 0.25) is 0 Å². The summed E-state index contributed by atoms with van der Waals surface area (Å²) in [5.74, 6) is 4.31. The molecule has 2 bridgehead atoms. The van der Waals surface area contributed by atoms with E-state index in [2.05, 4.69) is 34.0 Å². The Balaban J connectivity index is 1.35. The van der Waals surface area contributed by atoms with Gasteiger partial charge in [0.05, 0.1) is 2.88 Å². The van der Waals surface area contributed by atoms with Crippen molar-refractivity contribution in [2.75, 3.05) is 0 Å². The van der Waals surface area contributed by atoms with Crippen molar-refractivity contribution in [1.29, 1.82) is 0 Å². The third-order valence-electron chi connectivity index (χ3n) is 6.93. The molecule has 6 atom stereocenters. The molecule has 0 aromatic carbocycles. The van der Waals surface area contributed by atoms with Crippen LogP contribution in [-0.4, -0.2) is 6.04 Å². The number of hydrogen-bond acceptors (Lipinski definition) is 2. The van der Waals surface area contributed by atoms with Crippen LogP contribution in [0.2, 0.25) is 0 Å². The second-order valence-electron chi connectivity index (χ2n) is 7.80. The Morgan fingerprint density at radius 1 is 1.05 bits per heavy atom. The third kappa shape index (κ3) is 2.17. The predicted molar refractivity (Wildman–Crippen MR) is 96.7 cm³/mol. The summed E-state index contributed by atoms with van der Waals surface area (Å²) in [7, 11) is 0. The van der Waals surface area contributed by atoms with Crippen molar-refractivity contribution >= 4 is 33.9 Å². The minimum atomic E-state index is 0.665. The quantitative estimate of drug-likeness (QED) is 0.662. The molecule has 114 valence electrons. The summed E-state index contributed by atoms with van der Waals surface area (Å²) in [6, 6.07) is 3.96. The van der Waals surface area contributed by atoms with E-state index in [0.29, 0.717) is 6.04 Å². The van der Waals surface area contributed by atoms with Gasteiger partial charge >= 0.3 is 0 Å². The minimum absolute atomic E-state index is 0.665. The van der Waals surface area contributed by atoms with Crippen LogP contribution in [0.15, 0.2) is 6.07 Å². The van der Waals surface area contributed by atoms with E-state index in [4.69, 9.17) is 0 Å². The summed E-state index contributed by atoms with van der Waals surface area (Å²) >= 11 is 4.53. The summed E-state index contributed by atoms with van der Waals surface area (Å²) < 4.78 is 1.48. The zero-order chi connectivity index (χ0) is 14.0.